The van der Waals surface area contributed by atoms with Crippen LogP contribution in [0.5, 0.6) is 0 Å². The molecule has 32 heavy (non-hydrogen) atoms. The normalized spacial score (nSPS) is 18.4. The van der Waals surface area contributed by atoms with Gasteiger partial charge in [0, 0.05) is 42.6 Å². The Balaban J connectivity index is 1.70. The zero-order valence-corrected chi connectivity index (χ0v) is 20.8. The van der Waals surface area contributed by atoms with Gasteiger partial charge in [0.05, 0.1) is 23.2 Å². The number of amides is 2. The van der Waals surface area contributed by atoms with Gasteiger partial charge in [-0.2, -0.15) is 0 Å². The van der Waals surface area contributed by atoms with Crippen molar-refractivity contribution >= 4 is 49.2 Å². The Hall–Kier alpha value is -1.94. The number of esters is 1. The van der Waals surface area contributed by atoms with Gasteiger partial charge in [-0.05, 0) is 59.8 Å². The summed E-state index contributed by atoms with van der Waals surface area (Å²) in [6.07, 6.45) is 2.19. The number of likely N-dealkylation sites (tertiary alicyclic amines) is 1. The molecule has 0 aliphatic carbocycles. The van der Waals surface area contributed by atoms with Crippen molar-refractivity contribution in [3.63, 3.8) is 0 Å². The zero-order chi connectivity index (χ0) is 23.5. The van der Waals surface area contributed by atoms with Gasteiger partial charge in [0.2, 0.25) is 11.8 Å². The first kappa shape index (κ1) is 24.7. The van der Waals surface area contributed by atoms with Crippen LogP contribution in [0.4, 0.5) is 5.69 Å². The van der Waals surface area contributed by atoms with Crippen LogP contribution < -0.4 is 4.90 Å². The molecular weight excluding hydrogens is 500 g/mol. The molecular formula is C22H29BrN2O6S. The summed E-state index contributed by atoms with van der Waals surface area (Å²) in [6.45, 7) is 5.10. The predicted octanol–water partition coefficient (Wildman–Crippen LogP) is 2.71. The van der Waals surface area contributed by atoms with Crippen molar-refractivity contribution in [3.05, 3.63) is 22.2 Å². The fourth-order valence-corrected chi connectivity index (χ4v) is 6.66. The molecule has 2 heterocycles. The van der Waals surface area contributed by atoms with Crippen LogP contribution in [0.2, 0.25) is 0 Å². The maximum absolute atomic E-state index is 13.1. The Morgan fingerprint density at radius 2 is 1.91 bits per heavy atom. The number of carbonyl (C=O) groups is 3. The molecule has 176 valence electrons. The number of fused-ring (bicyclic) bond motifs is 1. The van der Waals surface area contributed by atoms with Gasteiger partial charge in [0.15, 0.2) is 9.84 Å². The SMILES string of the molecule is CCOC(=O)C1CCCN(C(=O)CCS(=O)(=O)c2cc3c(cc2Br)CCN3C(=O)CC)C1. The lowest BCUT2D eigenvalue weighted by Gasteiger charge is -2.31. The molecule has 0 N–H and O–H groups in total. The molecule has 0 aromatic heterocycles. The Morgan fingerprint density at radius 3 is 2.59 bits per heavy atom. The number of anilines is 1. The van der Waals surface area contributed by atoms with Gasteiger partial charge in [-0.3, -0.25) is 14.4 Å². The van der Waals surface area contributed by atoms with E-state index in [2.05, 4.69) is 15.9 Å². The predicted molar refractivity (Wildman–Crippen MR) is 123 cm³/mol. The van der Waals surface area contributed by atoms with Gasteiger partial charge >= 0.3 is 5.97 Å². The molecule has 0 bridgehead atoms. The number of rotatable bonds is 7. The first-order valence-electron chi connectivity index (χ1n) is 11.0. The average Bonchev–Trinajstić information content (AvgIpc) is 3.19. The highest BCUT2D eigenvalue weighted by atomic mass is 79.9. The number of hydrogen-bond donors (Lipinski definition) is 0. The Kier molecular flexibility index (Phi) is 7.97. The summed E-state index contributed by atoms with van der Waals surface area (Å²) in [4.78, 5) is 40.2. The smallest absolute Gasteiger partial charge is 0.310 e. The van der Waals surface area contributed by atoms with Crippen molar-refractivity contribution in [1.29, 1.82) is 0 Å². The molecule has 0 saturated carbocycles. The van der Waals surface area contributed by atoms with Crippen LogP contribution in [-0.2, 0) is 35.4 Å². The molecule has 3 rings (SSSR count). The summed E-state index contributed by atoms with van der Waals surface area (Å²) >= 11 is 3.35. The number of ether oxygens (including phenoxy) is 1. The van der Waals surface area contributed by atoms with E-state index in [1.807, 2.05) is 0 Å². The van der Waals surface area contributed by atoms with Crippen molar-refractivity contribution in [2.45, 2.75) is 50.8 Å². The summed E-state index contributed by atoms with van der Waals surface area (Å²) in [5, 5.41) is 0. The van der Waals surface area contributed by atoms with Gasteiger partial charge < -0.3 is 14.5 Å². The largest absolute Gasteiger partial charge is 0.466 e. The standard InChI is InChI=1S/C22H29BrN2O6S/c1-3-20(26)25-10-7-15-12-17(23)19(13-18(15)25)32(29,30)11-8-21(27)24-9-5-6-16(14-24)22(28)31-4-2/h12-13,16H,3-11,14H2,1-2H3. The average molecular weight is 529 g/mol. The van der Waals surface area contributed by atoms with Crippen LogP contribution in [0.1, 0.15) is 45.1 Å². The van der Waals surface area contributed by atoms with Crippen LogP contribution in [0.25, 0.3) is 0 Å². The third kappa shape index (κ3) is 5.33. The minimum atomic E-state index is -3.76. The first-order chi connectivity index (χ1) is 15.2. The molecule has 1 aromatic carbocycles. The van der Waals surface area contributed by atoms with Crippen molar-refractivity contribution in [3.8, 4) is 0 Å². The summed E-state index contributed by atoms with van der Waals surface area (Å²) in [7, 11) is -3.76. The highest BCUT2D eigenvalue weighted by Gasteiger charge is 2.31. The molecule has 10 heteroatoms. The number of carbonyl (C=O) groups excluding carboxylic acids is 3. The fraction of sp³-hybridized carbons (Fsp3) is 0.591. The summed E-state index contributed by atoms with van der Waals surface area (Å²) in [6, 6.07) is 3.29. The van der Waals surface area contributed by atoms with Crippen LogP contribution in [0.15, 0.2) is 21.5 Å². The van der Waals surface area contributed by atoms with E-state index < -0.39 is 9.84 Å². The molecule has 8 nitrogen and oxygen atoms in total. The third-order valence-corrected chi connectivity index (χ3v) is 8.61. The Morgan fingerprint density at radius 1 is 1.16 bits per heavy atom. The molecule has 1 fully saturated rings. The first-order valence-corrected chi connectivity index (χ1v) is 13.4. The van der Waals surface area contributed by atoms with E-state index in [4.69, 9.17) is 4.74 Å². The maximum atomic E-state index is 13.1. The van der Waals surface area contributed by atoms with Crippen molar-refractivity contribution in [2.75, 3.05) is 36.9 Å². The summed E-state index contributed by atoms with van der Waals surface area (Å²) in [5.41, 5.74) is 1.55. The molecule has 1 unspecified atom stereocenters. The Bertz CT molecular complexity index is 1010. The van der Waals surface area contributed by atoms with E-state index in [1.54, 1.807) is 29.7 Å². The molecule has 2 aliphatic heterocycles. The van der Waals surface area contributed by atoms with Gasteiger partial charge in [-0.25, -0.2) is 8.42 Å². The highest BCUT2D eigenvalue weighted by molar-refractivity contribution is 9.10. The summed E-state index contributed by atoms with van der Waals surface area (Å²) < 4.78 is 31.6. The molecule has 1 atom stereocenters. The van der Waals surface area contributed by atoms with Crippen molar-refractivity contribution in [1.82, 2.24) is 4.90 Å². The van der Waals surface area contributed by atoms with E-state index in [-0.39, 0.29) is 47.3 Å². The van der Waals surface area contributed by atoms with Crippen LogP contribution in [0.3, 0.4) is 0 Å². The number of benzene rings is 1. The topological polar surface area (TPSA) is 101 Å². The van der Waals surface area contributed by atoms with Crippen LogP contribution in [0, 0.1) is 5.92 Å². The number of sulfone groups is 1. The maximum Gasteiger partial charge on any atom is 0.310 e. The molecule has 2 aliphatic rings. The van der Waals surface area contributed by atoms with Crippen LogP contribution in [-0.4, -0.2) is 63.1 Å². The minimum absolute atomic E-state index is 0.0501. The quantitative estimate of drug-likeness (QED) is 0.504. The van der Waals surface area contributed by atoms with E-state index in [9.17, 15) is 22.8 Å². The molecule has 1 aromatic rings. The van der Waals surface area contributed by atoms with Gasteiger partial charge in [0.1, 0.15) is 0 Å². The molecule has 0 spiro atoms. The molecule has 2 amide bonds. The van der Waals surface area contributed by atoms with Gasteiger partial charge in [-0.1, -0.05) is 6.92 Å². The van der Waals surface area contributed by atoms with E-state index in [0.29, 0.717) is 55.5 Å². The van der Waals surface area contributed by atoms with Gasteiger partial charge in [-0.15, -0.1) is 0 Å². The summed E-state index contributed by atoms with van der Waals surface area (Å²) in [5.74, 6) is -1.36. The number of hydrogen-bond acceptors (Lipinski definition) is 6. The fourth-order valence-electron chi connectivity index (χ4n) is 4.22. The lowest BCUT2D eigenvalue weighted by Crippen LogP contribution is -2.43. The third-order valence-electron chi connectivity index (χ3n) is 5.95. The van der Waals surface area contributed by atoms with Gasteiger partial charge in [0.25, 0.3) is 0 Å². The molecule has 0 radical (unpaired) electrons. The van der Waals surface area contributed by atoms with Crippen LogP contribution >= 0.6 is 15.9 Å². The second kappa shape index (κ2) is 10.3. The number of nitrogens with zero attached hydrogens (tertiary/aromatic N) is 2. The lowest BCUT2D eigenvalue weighted by atomic mass is 9.98. The second-order valence-corrected chi connectivity index (χ2v) is 11.0. The second-order valence-electron chi connectivity index (χ2n) is 8.06. The highest BCUT2D eigenvalue weighted by Crippen LogP contribution is 2.36. The van der Waals surface area contributed by atoms with E-state index in [0.717, 1.165) is 5.56 Å². The number of piperidine rings is 1. The minimum Gasteiger partial charge on any atom is -0.466 e. The number of halogens is 1. The Labute approximate surface area is 197 Å². The zero-order valence-electron chi connectivity index (χ0n) is 18.4. The van der Waals surface area contributed by atoms with Crippen molar-refractivity contribution < 1.29 is 27.5 Å². The molecule has 1 saturated heterocycles. The van der Waals surface area contributed by atoms with E-state index in [1.165, 1.54) is 6.07 Å². The van der Waals surface area contributed by atoms with E-state index >= 15 is 0 Å². The lowest BCUT2D eigenvalue weighted by molar-refractivity contribution is -0.151. The van der Waals surface area contributed by atoms with Crippen molar-refractivity contribution in [2.24, 2.45) is 5.92 Å². The monoisotopic (exact) mass is 528 g/mol.